The minimum absolute atomic E-state index is 0.336. The Bertz CT molecular complexity index is 528. The molecule has 0 radical (unpaired) electrons. The van der Waals surface area contributed by atoms with Crippen molar-refractivity contribution in [1.82, 2.24) is 20.2 Å². The van der Waals surface area contributed by atoms with Crippen LogP contribution in [0.5, 0.6) is 0 Å². The van der Waals surface area contributed by atoms with Crippen LogP contribution in [0.1, 0.15) is 75.5 Å². The second-order valence-corrected chi connectivity index (χ2v) is 8.07. The lowest BCUT2D eigenvalue weighted by molar-refractivity contribution is 0.102. The molecule has 1 saturated heterocycles. The SMILES string of the molecule is Cc1ncc(C(C)NC2CCC(N3CCC(C)CC3)CC2)c(C)n1. The fourth-order valence-corrected chi connectivity index (χ4v) is 4.46. The van der Waals surface area contributed by atoms with Gasteiger partial charge in [-0.05, 0) is 78.3 Å². The van der Waals surface area contributed by atoms with Crippen molar-refractivity contribution in [1.29, 1.82) is 0 Å². The lowest BCUT2D eigenvalue weighted by Crippen LogP contribution is -2.45. The van der Waals surface area contributed by atoms with Crippen LogP contribution in [0, 0.1) is 19.8 Å². The zero-order valence-corrected chi connectivity index (χ0v) is 15.9. The summed E-state index contributed by atoms with van der Waals surface area (Å²) in [5.41, 5.74) is 2.35. The summed E-state index contributed by atoms with van der Waals surface area (Å²) < 4.78 is 0. The molecule has 1 atom stereocenters. The first-order chi connectivity index (χ1) is 11.5. The van der Waals surface area contributed by atoms with Crippen LogP contribution in [0.3, 0.4) is 0 Å². The van der Waals surface area contributed by atoms with Crippen LogP contribution in [0.15, 0.2) is 6.20 Å². The van der Waals surface area contributed by atoms with E-state index >= 15 is 0 Å². The molecule has 1 unspecified atom stereocenters. The molecule has 4 heteroatoms. The van der Waals surface area contributed by atoms with Crippen LogP contribution < -0.4 is 5.32 Å². The van der Waals surface area contributed by atoms with Crippen molar-refractivity contribution in [2.24, 2.45) is 5.92 Å². The average Bonchev–Trinajstić information content (AvgIpc) is 2.56. The van der Waals surface area contributed by atoms with Crippen LogP contribution >= 0.6 is 0 Å². The molecule has 0 aromatic carbocycles. The Hall–Kier alpha value is -1.00. The van der Waals surface area contributed by atoms with Crippen molar-refractivity contribution in [3.8, 4) is 0 Å². The number of hydrogen-bond donors (Lipinski definition) is 1. The minimum Gasteiger partial charge on any atom is -0.307 e. The van der Waals surface area contributed by atoms with E-state index < -0.39 is 0 Å². The maximum atomic E-state index is 4.51. The molecule has 1 aliphatic heterocycles. The third-order valence-electron chi connectivity index (χ3n) is 6.12. The van der Waals surface area contributed by atoms with Gasteiger partial charge in [-0.25, -0.2) is 9.97 Å². The molecule has 2 fully saturated rings. The van der Waals surface area contributed by atoms with Gasteiger partial charge in [-0.2, -0.15) is 0 Å². The van der Waals surface area contributed by atoms with Gasteiger partial charge in [0.1, 0.15) is 5.82 Å². The molecular formula is C20H34N4. The predicted octanol–water partition coefficient (Wildman–Crippen LogP) is 3.79. The molecule has 1 saturated carbocycles. The Kier molecular flexibility index (Phi) is 5.88. The highest BCUT2D eigenvalue weighted by atomic mass is 15.2. The number of aryl methyl sites for hydroxylation is 2. The van der Waals surface area contributed by atoms with Crippen LogP contribution in [0.2, 0.25) is 0 Å². The van der Waals surface area contributed by atoms with Crippen molar-refractivity contribution >= 4 is 0 Å². The largest absolute Gasteiger partial charge is 0.307 e. The molecular weight excluding hydrogens is 296 g/mol. The number of hydrogen-bond acceptors (Lipinski definition) is 4. The molecule has 3 rings (SSSR count). The number of aromatic nitrogens is 2. The van der Waals surface area contributed by atoms with Crippen LogP contribution in [0.4, 0.5) is 0 Å². The highest BCUT2D eigenvalue weighted by Gasteiger charge is 2.28. The molecule has 2 heterocycles. The van der Waals surface area contributed by atoms with Gasteiger partial charge >= 0.3 is 0 Å². The van der Waals surface area contributed by atoms with E-state index in [1.807, 2.05) is 13.1 Å². The van der Waals surface area contributed by atoms with E-state index in [4.69, 9.17) is 0 Å². The number of likely N-dealkylation sites (tertiary alicyclic amines) is 1. The summed E-state index contributed by atoms with van der Waals surface area (Å²) in [6, 6.07) is 1.80. The fraction of sp³-hybridized carbons (Fsp3) is 0.800. The molecule has 0 spiro atoms. The number of rotatable bonds is 4. The first-order valence-electron chi connectivity index (χ1n) is 9.83. The molecule has 1 aliphatic carbocycles. The van der Waals surface area contributed by atoms with Crippen LogP contribution in [0.25, 0.3) is 0 Å². The summed E-state index contributed by atoms with van der Waals surface area (Å²) in [7, 11) is 0. The third kappa shape index (κ3) is 4.34. The van der Waals surface area contributed by atoms with Crippen LogP contribution in [-0.4, -0.2) is 40.0 Å². The second kappa shape index (κ2) is 7.92. The molecule has 0 amide bonds. The van der Waals surface area contributed by atoms with Crippen molar-refractivity contribution < 1.29 is 0 Å². The van der Waals surface area contributed by atoms with Gasteiger partial charge in [-0.15, -0.1) is 0 Å². The average molecular weight is 331 g/mol. The number of piperidine rings is 1. The van der Waals surface area contributed by atoms with Crippen molar-refractivity contribution in [2.75, 3.05) is 13.1 Å². The highest BCUT2D eigenvalue weighted by Crippen LogP contribution is 2.28. The first-order valence-corrected chi connectivity index (χ1v) is 9.83. The summed E-state index contributed by atoms with van der Waals surface area (Å²) in [6.07, 6.45) is 10.1. The molecule has 24 heavy (non-hydrogen) atoms. The summed E-state index contributed by atoms with van der Waals surface area (Å²) >= 11 is 0. The van der Waals surface area contributed by atoms with Crippen LogP contribution in [-0.2, 0) is 0 Å². The molecule has 0 bridgehead atoms. The standard InChI is InChI=1S/C20H34N4/c1-14-9-11-24(12-10-14)19-7-5-18(6-8-19)23-16(3)20-13-21-17(4)22-15(20)2/h13-14,16,18-19,23H,5-12H2,1-4H3. The van der Waals surface area contributed by atoms with E-state index in [1.165, 1.54) is 57.2 Å². The Balaban J connectivity index is 1.48. The summed E-state index contributed by atoms with van der Waals surface area (Å²) in [6.45, 7) is 11.3. The van der Waals surface area contributed by atoms with E-state index in [2.05, 4.69) is 41.0 Å². The highest BCUT2D eigenvalue weighted by molar-refractivity contribution is 5.19. The quantitative estimate of drug-likeness (QED) is 0.912. The number of nitrogens with zero attached hydrogens (tertiary/aromatic N) is 3. The van der Waals surface area contributed by atoms with Gasteiger partial charge in [0.05, 0.1) is 0 Å². The van der Waals surface area contributed by atoms with Gasteiger partial charge in [-0.3, -0.25) is 0 Å². The lowest BCUT2D eigenvalue weighted by atomic mass is 9.87. The van der Waals surface area contributed by atoms with Crippen molar-refractivity contribution in [3.63, 3.8) is 0 Å². The summed E-state index contributed by atoms with van der Waals surface area (Å²) in [4.78, 5) is 11.6. The first kappa shape index (κ1) is 17.8. The summed E-state index contributed by atoms with van der Waals surface area (Å²) in [5, 5.41) is 3.83. The molecule has 2 aliphatic rings. The molecule has 134 valence electrons. The van der Waals surface area contributed by atoms with Crippen molar-refractivity contribution in [3.05, 3.63) is 23.3 Å². The van der Waals surface area contributed by atoms with E-state index in [9.17, 15) is 0 Å². The monoisotopic (exact) mass is 330 g/mol. The van der Waals surface area contributed by atoms with Crippen molar-refractivity contribution in [2.45, 2.75) is 84.3 Å². The van der Waals surface area contributed by atoms with Gasteiger partial charge in [0.2, 0.25) is 0 Å². The maximum Gasteiger partial charge on any atom is 0.125 e. The Morgan fingerprint density at radius 2 is 1.75 bits per heavy atom. The Labute approximate surface area is 147 Å². The zero-order chi connectivity index (χ0) is 17.1. The predicted molar refractivity (Wildman–Crippen MR) is 99.1 cm³/mol. The molecule has 1 aromatic rings. The Morgan fingerprint density at radius 3 is 2.38 bits per heavy atom. The van der Waals surface area contributed by atoms with Gasteiger partial charge in [0.25, 0.3) is 0 Å². The minimum atomic E-state index is 0.336. The van der Waals surface area contributed by atoms with E-state index in [-0.39, 0.29) is 0 Å². The topological polar surface area (TPSA) is 41.1 Å². The number of nitrogens with one attached hydrogen (secondary N) is 1. The maximum absolute atomic E-state index is 4.51. The van der Waals surface area contributed by atoms with Gasteiger partial charge in [-0.1, -0.05) is 6.92 Å². The molecule has 1 aromatic heterocycles. The molecule has 4 nitrogen and oxygen atoms in total. The molecule has 1 N–H and O–H groups in total. The smallest absolute Gasteiger partial charge is 0.125 e. The van der Waals surface area contributed by atoms with E-state index in [0.29, 0.717) is 12.1 Å². The van der Waals surface area contributed by atoms with E-state index in [0.717, 1.165) is 23.5 Å². The zero-order valence-electron chi connectivity index (χ0n) is 15.9. The fourth-order valence-electron chi connectivity index (χ4n) is 4.46. The van der Waals surface area contributed by atoms with Gasteiger partial charge in [0, 0.05) is 35.6 Å². The lowest BCUT2D eigenvalue weighted by Gasteiger charge is -2.41. The van der Waals surface area contributed by atoms with Gasteiger partial charge in [0.15, 0.2) is 0 Å². The van der Waals surface area contributed by atoms with Gasteiger partial charge < -0.3 is 10.2 Å². The Morgan fingerprint density at radius 1 is 1.08 bits per heavy atom. The van der Waals surface area contributed by atoms with E-state index in [1.54, 1.807) is 0 Å². The second-order valence-electron chi connectivity index (χ2n) is 8.07. The normalized spacial score (nSPS) is 28.0. The third-order valence-corrected chi connectivity index (χ3v) is 6.12. The summed E-state index contributed by atoms with van der Waals surface area (Å²) in [5.74, 6) is 1.79.